The summed E-state index contributed by atoms with van der Waals surface area (Å²) in [4.78, 5) is 16.9. The van der Waals surface area contributed by atoms with Crippen molar-refractivity contribution in [1.29, 1.82) is 0 Å². The van der Waals surface area contributed by atoms with Crippen LogP contribution in [-0.2, 0) is 4.79 Å². The predicted molar refractivity (Wildman–Crippen MR) is 97.3 cm³/mol. The number of carbonyl (C=O) groups excluding carboxylic acids is 1. The molecule has 0 saturated carbocycles. The zero-order valence-electron chi connectivity index (χ0n) is 13.6. The van der Waals surface area contributed by atoms with Gasteiger partial charge in [-0.3, -0.25) is 4.79 Å². The van der Waals surface area contributed by atoms with Crippen molar-refractivity contribution in [2.45, 2.75) is 13.0 Å². The van der Waals surface area contributed by atoms with Crippen LogP contribution >= 0.6 is 11.3 Å². The van der Waals surface area contributed by atoms with E-state index in [-0.39, 0.29) is 12.5 Å². The molecule has 5 nitrogen and oxygen atoms in total. The van der Waals surface area contributed by atoms with Crippen molar-refractivity contribution in [2.24, 2.45) is 0 Å². The number of para-hydroxylation sites is 2. The van der Waals surface area contributed by atoms with E-state index in [1.165, 1.54) is 0 Å². The first kappa shape index (κ1) is 15.7. The van der Waals surface area contributed by atoms with Gasteiger partial charge < -0.3 is 14.8 Å². The number of amides is 1. The van der Waals surface area contributed by atoms with Crippen molar-refractivity contribution in [2.75, 3.05) is 11.9 Å². The fourth-order valence-corrected chi connectivity index (χ4v) is 3.21. The minimum absolute atomic E-state index is 0.193. The normalized spacial score (nSPS) is 15.6. The van der Waals surface area contributed by atoms with Crippen molar-refractivity contribution in [1.82, 2.24) is 4.98 Å². The summed E-state index contributed by atoms with van der Waals surface area (Å²) in [6.07, 6.45) is -0.671. The fourth-order valence-electron chi connectivity index (χ4n) is 2.59. The average Bonchev–Trinajstić information content (AvgIpc) is 3.08. The Morgan fingerprint density at radius 1 is 1.16 bits per heavy atom. The van der Waals surface area contributed by atoms with Gasteiger partial charge in [-0.25, -0.2) is 4.98 Å². The van der Waals surface area contributed by atoms with Crippen LogP contribution < -0.4 is 14.8 Å². The van der Waals surface area contributed by atoms with E-state index < -0.39 is 6.10 Å². The molecule has 1 amide bonds. The lowest BCUT2D eigenvalue weighted by Gasteiger charge is -2.25. The SMILES string of the molecule is Cc1nc(-c2ccc(NC(=O)C3COc4ccccc4O3)cc2)cs1. The molecule has 0 saturated heterocycles. The molecule has 2 heterocycles. The molecule has 0 aliphatic carbocycles. The van der Waals surface area contributed by atoms with Gasteiger partial charge in [0, 0.05) is 16.6 Å². The Balaban J connectivity index is 1.43. The largest absolute Gasteiger partial charge is 0.485 e. The molecule has 4 rings (SSSR count). The van der Waals surface area contributed by atoms with Gasteiger partial charge in [0.15, 0.2) is 11.5 Å². The van der Waals surface area contributed by atoms with Crippen molar-refractivity contribution in [3.05, 3.63) is 58.9 Å². The number of benzene rings is 2. The predicted octanol–water partition coefficient (Wildman–Crippen LogP) is 3.90. The molecule has 1 aliphatic rings. The summed E-state index contributed by atoms with van der Waals surface area (Å²) < 4.78 is 11.3. The summed E-state index contributed by atoms with van der Waals surface area (Å²) >= 11 is 1.62. The molecule has 25 heavy (non-hydrogen) atoms. The van der Waals surface area contributed by atoms with Crippen LogP contribution in [-0.4, -0.2) is 23.6 Å². The molecule has 0 spiro atoms. The minimum Gasteiger partial charge on any atom is -0.485 e. The van der Waals surface area contributed by atoms with Gasteiger partial charge in [0.05, 0.1) is 10.7 Å². The van der Waals surface area contributed by atoms with E-state index in [4.69, 9.17) is 9.47 Å². The van der Waals surface area contributed by atoms with E-state index >= 15 is 0 Å². The summed E-state index contributed by atoms with van der Waals surface area (Å²) in [5.74, 6) is 1.02. The zero-order valence-corrected chi connectivity index (χ0v) is 14.4. The molecule has 126 valence electrons. The van der Waals surface area contributed by atoms with E-state index in [1.807, 2.05) is 54.8 Å². The highest BCUT2D eigenvalue weighted by Gasteiger charge is 2.27. The molecule has 1 unspecified atom stereocenters. The number of carbonyl (C=O) groups is 1. The highest BCUT2D eigenvalue weighted by Crippen LogP contribution is 2.31. The number of hydrogen-bond donors (Lipinski definition) is 1. The Hall–Kier alpha value is -2.86. The summed E-state index contributed by atoms with van der Waals surface area (Å²) in [5, 5.41) is 5.92. The summed E-state index contributed by atoms with van der Waals surface area (Å²) in [6, 6.07) is 14.9. The summed E-state index contributed by atoms with van der Waals surface area (Å²) in [6.45, 7) is 2.17. The van der Waals surface area contributed by atoms with Crippen LogP contribution in [0.5, 0.6) is 11.5 Å². The standard InChI is InChI=1S/C19H16N2O3S/c1-12-20-15(11-25-12)13-6-8-14(9-7-13)21-19(22)18-10-23-16-4-2-3-5-17(16)24-18/h2-9,11,18H,10H2,1H3,(H,21,22). The molecule has 3 aromatic rings. The first-order chi connectivity index (χ1) is 12.2. The quantitative estimate of drug-likeness (QED) is 0.777. The van der Waals surface area contributed by atoms with Crippen LogP contribution in [0.15, 0.2) is 53.9 Å². The molecule has 6 heteroatoms. The van der Waals surface area contributed by atoms with Crippen LogP contribution in [0.4, 0.5) is 5.69 Å². The number of ether oxygens (including phenoxy) is 2. The number of nitrogens with zero attached hydrogens (tertiary/aromatic N) is 1. The summed E-state index contributed by atoms with van der Waals surface area (Å²) in [7, 11) is 0. The number of aromatic nitrogens is 1. The van der Waals surface area contributed by atoms with E-state index in [2.05, 4.69) is 10.3 Å². The Morgan fingerprint density at radius 2 is 1.92 bits per heavy atom. The lowest BCUT2D eigenvalue weighted by molar-refractivity contribution is -0.125. The number of fused-ring (bicyclic) bond motifs is 1. The maximum atomic E-state index is 12.4. The van der Waals surface area contributed by atoms with Gasteiger partial charge in [0.25, 0.3) is 5.91 Å². The molecule has 1 N–H and O–H groups in total. The first-order valence-corrected chi connectivity index (χ1v) is 8.79. The number of rotatable bonds is 3. The third kappa shape index (κ3) is 3.34. The number of hydrogen-bond acceptors (Lipinski definition) is 5. The van der Waals surface area contributed by atoms with Gasteiger partial charge in [-0.15, -0.1) is 11.3 Å². The Kier molecular flexibility index (Phi) is 4.11. The zero-order chi connectivity index (χ0) is 17.2. The maximum absolute atomic E-state index is 12.4. The highest BCUT2D eigenvalue weighted by molar-refractivity contribution is 7.09. The third-order valence-electron chi connectivity index (χ3n) is 3.87. The van der Waals surface area contributed by atoms with Gasteiger partial charge in [0.2, 0.25) is 6.10 Å². The molecule has 0 bridgehead atoms. The maximum Gasteiger partial charge on any atom is 0.269 e. The van der Waals surface area contributed by atoms with Crippen molar-refractivity contribution < 1.29 is 14.3 Å². The number of anilines is 1. The van der Waals surface area contributed by atoms with Crippen molar-refractivity contribution in [3.63, 3.8) is 0 Å². The second kappa shape index (κ2) is 6.57. The third-order valence-corrected chi connectivity index (χ3v) is 4.64. The fraction of sp³-hybridized carbons (Fsp3) is 0.158. The molecule has 0 radical (unpaired) electrons. The minimum atomic E-state index is -0.671. The van der Waals surface area contributed by atoms with Gasteiger partial charge in [-0.05, 0) is 31.2 Å². The topological polar surface area (TPSA) is 60.5 Å². The van der Waals surface area contributed by atoms with Crippen molar-refractivity contribution in [3.8, 4) is 22.8 Å². The number of aryl methyl sites for hydroxylation is 1. The van der Waals surface area contributed by atoms with Gasteiger partial charge in [-0.1, -0.05) is 24.3 Å². The van der Waals surface area contributed by atoms with E-state index in [0.29, 0.717) is 17.2 Å². The number of thiazole rings is 1. The van der Waals surface area contributed by atoms with Crippen LogP contribution in [0.1, 0.15) is 5.01 Å². The molecule has 1 atom stereocenters. The van der Waals surface area contributed by atoms with Crippen LogP contribution in [0.3, 0.4) is 0 Å². The van der Waals surface area contributed by atoms with Crippen LogP contribution in [0.25, 0.3) is 11.3 Å². The van der Waals surface area contributed by atoms with Crippen molar-refractivity contribution >= 4 is 22.9 Å². The second-order valence-electron chi connectivity index (χ2n) is 5.68. The second-order valence-corrected chi connectivity index (χ2v) is 6.74. The first-order valence-electron chi connectivity index (χ1n) is 7.91. The lowest BCUT2D eigenvalue weighted by Crippen LogP contribution is -2.40. The van der Waals surface area contributed by atoms with Crippen LogP contribution in [0.2, 0.25) is 0 Å². The smallest absolute Gasteiger partial charge is 0.269 e. The Morgan fingerprint density at radius 3 is 2.64 bits per heavy atom. The van der Waals surface area contributed by atoms with Gasteiger partial charge in [-0.2, -0.15) is 0 Å². The monoisotopic (exact) mass is 352 g/mol. The van der Waals surface area contributed by atoms with E-state index in [1.54, 1.807) is 17.4 Å². The molecule has 0 fully saturated rings. The van der Waals surface area contributed by atoms with E-state index in [0.717, 1.165) is 16.3 Å². The molecular weight excluding hydrogens is 336 g/mol. The molecular formula is C19H16N2O3S. The lowest BCUT2D eigenvalue weighted by atomic mass is 10.1. The Bertz CT molecular complexity index is 905. The average molecular weight is 352 g/mol. The molecule has 1 aromatic heterocycles. The Labute approximate surface area is 149 Å². The number of nitrogens with one attached hydrogen (secondary N) is 1. The molecule has 2 aromatic carbocycles. The van der Waals surface area contributed by atoms with Gasteiger partial charge in [0.1, 0.15) is 6.61 Å². The van der Waals surface area contributed by atoms with E-state index in [9.17, 15) is 4.79 Å². The van der Waals surface area contributed by atoms with Crippen LogP contribution in [0, 0.1) is 6.92 Å². The van der Waals surface area contributed by atoms with Gasteiger partial charge >= 0.3 is 0 Å². The highest BCUT2D eigenvalue weighted by atomic mass is 32.1. The molecule has 1 aliphatic heterocycles. The summed E-state index contributed by atoms with van der Waals surface area (Å²) in [5.41, 5.74) is 2.68.